The Kier molecular flexibility index (Phi) is 5.13. The summed E-state index contributed by atoms with van der Waals surface area (Å²) in [6, 6.07) is 3.40. The molecule has 0 spiro atoms. The fraction of sp³-hybridized carbons (Fsp3) is 0.467. The lowest BCUT2D eigenvalue weighted by atomic mass is 10.1. The molecule has 1 N–H and O–H groups in total. The zero-order valence-corrected chi connectivity index (χ0v) is 13.2. The number of rotatable bonds is 5. The molecule has 0 aliphatic carbocycles. The van der Waals surface area contributed by atoms with Gasteiger partial charge in [0.05, 0.1) is 17.4 Å². The molecule has 0 fully saturated rings. The normalized spacial score (nSPS) is 14.3. The van der Waals surface area contributed by atoms with Crippen LogP contribution in [0.1, 0.15) is 12.5 Å². The Hall–Kier alpha value is -1.95. The molecule has 0 saturated heterocycles. The summed E-state index contributed by atoms with van der Waals surface area (Å²) in [6.45, 7) is 2.61. The van der Waals surface area contributed by atoms with Crippen LogP contribution >= 0.6 is 11.6 Å². The molecule has 0 unspecified atom stereocenters. The molecule has 1 aromatic carbocycles. The first-order valence-electron chi connectivity index (χ1n) is 6.93. The van der Waals surface area contributed by atoms with Gasteiger partial charge in [-0.25, -0.2) is 0 Å². The third-order valence-corrected chi connectivity index (χ3v) is 3.69. The van der Waals surface area contributed by atoms with Gasteiger partial charge < -0.3 is 19.5 Å². The van der Waals surface area contributed by atoms with Crippen molar-refractivity contribution in [3.05, 3.63) is 22.7 Å². The Labute approximate surface area is 133 Å². The Bertz CT molecular complexity index is 590. The van der Waals surface area contributed by atoms with E-state index in [2.05, 4.69) is 0 Å². The summed E-state index contributed by atoms with van der Waals surface area (Å²) < 4.78 is 10.9. The molecule has 22 heavy (non-hydrogen) atoms. The highest BCUT2D eigenvalue weighted by Gasteiger charge is 2.20. The van der Waals surface area contributed by atoms with E-state index in [4.69, 9.17) is 26.2 Å². The molecule has 6 nitrogen and oxygen atoms in total. The molecule has 0 saturated carbocycles. The largest absolute Gasteiger partial charge is 0.486 e. The van der Waals surface area contributed by atoms with Crippen LogP contribution in [0.2, 0.25) is 5.02 Å². The van der Waals surface area contributed by atoms with Crippen LogP contribution in [0.4, 0.5) is 0 Å². The first-order valence-corrected chi connectivity index (χ1v) is 7.31. The fourth-order valence-electron chi connectivity index (χ4n) is 2.17. The van der Waals surface area contributed by atoms with Crippen molar-refractivity contribution in [2.75, 3.05) is 26.8 Å². The number of ether oxygens (including phenoxy) is 2. The number of carbonyl (C=O) groups is 2. The number of carboxylic acid groups (broad SMARTS) is 1. The minimum Gasteiger partial charge on any atom is -0.486 e. The first-order chi connectivity index (χ1) is 10.4. The number of hydrogen-bond acceptors (Lipinski definition) is 4. The molecular formula is C15H18ClNO5. The van der Waals surface area contributed by atoms with Crippen molar-refractivity contribution in [2.45, 2.75) is 13.3 Å². The van der Waals surface area contributed by atoms with E-state index < -0.39 is 11.9 Å². The summed E-state index contributed by atoms with van der Waals surface area (Å²) in [5, 5.41) is 9.29. The summed E-state index contributed by atoms with van der Waals surface area (Å²) in [5.74, 6) is -0.694. The van der Waals surface area contributed by atoms with Gasteiger partial charge in [0.15, 0.2) is 11.5 Å². The third kappa shape index (κ3) is 3.82. The molecule has 1 aliphatic heterocycles. The van der Waals surface area contributed by atoms with Gasteiger partial charge in [-0.05, 0) is 17.7 Å². The van der Waals surface area contributed by atoms with Crippen LogP contribution in [0.3, 0.4) is 0 Å². The number of carboxylic acids is 1. The van der Waals surface area contributed by atoms with E-state index in [0.29, 0.717) is 35.3 Å². The zero-order chi connectivity index (χ0) is 16.3. The number of halogens is 1. The number of nitrogens with zero attached hydrogens (tertiary/aromatic N) is 1. The summed E-state index contributed by atoms with van der Waals surface area (Å²) in [5.41, 5.74) is 0.703. The van der Waals surface area contributed by atoms with E-state index in [0.717, 1.165) is 0 Å². The van der Waals surface area contributed by atoms with E-state index in [-0.39, 0.29) is 18.9 Å². The molecule has 120 valence electrons. The lowest BCUT2D eigenvalue weighted by Crippen LogP contribution is -2.34. The second kappa shape index (κ2) is 6.87. The standard InChI is InChI=1S/C15H18ClNO5/c1-9(15(19)20)8-17(2)13(18)7-10-5-11(16)14-12(6-10)21-3-4-22-14/h5-6,9H,3-4,7-8H2,1-2H3,(H,19,20)/t9-/m1/s1. The van der Waals surface area contributed by atoms with Crippen LogP contribution in [-0.4, -0.2) is 48.7 Å². The smallest absolute Gasteiger partial charge is 0.308 e. The van der Waals surface area contributed by atoms with Gasteiger partial charge in [-0.15, -0.1) is 0 Å². The van der Waals surface area contributed by atoms with Crippen molar-refractivity contribution in [3.8, 4) is 11.5 Å². The Balaban J connectivity index is 2.05. The van der Waals surface area contributed by atoms with Crippen LogP contribution in [-0.2, 0) is 16.0 Å². The van der Waals surface area contributed by atoms with Crippen LogP contribution in [0.25, 0.3) is 0 Å². The fourth-order valence-corrected chi connectivity index (χ4v) is 2.45. The Morgan fingerprint density at radius 2 is 2.05 bits per heavy atom. The van der Waals surface area contributed by atoms with Crippen molar-refractivity contribution in [3.63, 3.8) is 0 Å². The molecule has 7 heteroatoms. The zero-order valence-electron chi connectivity index (χ0n) is 12.5. The highest BCUT2D eigenvalue weighted by Crippen LogP contribution is 2.38. The van der Waals surface area contributed by atoms with E-state index in [1.165, 1.54) is 4.90 Å². The van der Waals surface area contributed by atoms with Crippen molar-refractivity contribution >= 4 is 23.5 Å². The summed E-state index contributed by atoms with van der Waals surface area (Å²) in [6.07, 6.45) is 0.124. The van der Waals surface area contributed by atoms with Crippen molar-refractivity contribution in [1.29, 1.82) is 0 Å². The van der Waals surface area contributed by atoms with Crippen LogP contribution in [0.15, 0.2) is 12.1 Å². The van der Waals surface area contributed by atoms with Crippen molar-refractivity contribution in [1.82, 2.24) is 4.90 Å². The lowest BCUT2D eigenvalue weighted by Gasteiger charge is -2.22. The second-order valence-electron chi connectivity index (χ2n) is 5.29. The number of hydrogen-bond donors (Lipinski definition) is 1. The van der Waals surface area contributed by atoms with Gasteiger partial charge in [-0.3, -0.25) is 9.59 Å². The second-order valence-corrected chi connectivity index (χ2v) is 5.70. The van der Waals surface area contributed by atoms with Gasteiger partial charge in [0.25, 0.3) is 0 Å². The molecule has 0 bridgehead atoms. The topological polar surface area (TPSA) is 76.1 Å². The Morgan fingerprint density at radius 3 is 2.73 bits per heavy atom. The molecule has 1 amide bonds. The quantitative estimate of drug-likeness (QED) is 0.893. The molecule has 1 heterocycles. The van der Waals surface area contributed by atoms with Crippen LogP contribution in [0, 0.1) is 5.92 Å². The predicted molar refractivity (Wildman–Crippen MR) is 80.6 cm³/mol. The average Bonchev–Trinajstić information content (AvgIpc) is 2.47. The van der Waals surface area contributed by atoms with Crippen molar-refractivity contribution < 1.29 is 24.2 Å². The third-order valence-electron chi connectivity index (χ3n) is 3.41. The number of benzene rings is 1. The monoisotopic (exact) mass is 327 g/mol. The van der Waals surface area contributed by atoms with Gasteiger partial charge in [-0.2, -0.15) is 0 Å². The number of carbonyl (C=O) groups excluding carboxylic acids is 1. The minimum absolute atomic E-state index is 0.124. The predicted octanol–water partition coefficient (Wildman–Crippen LogP) is 1.83. The van der Waals surface area contributed by atoms with Gasteiger partial charge in [0, 0.05) is 13.6 Å². The molecule has 1 atom stereocenters. The number of likely N-dealkylation sites (N-methyl/N-ethyl adjacent to an activating group) is 1. The van der Waals surface area contributed by atoms with E-state index >= 15 is 0 Å². The summed E-state index contributed by atoms with van der Waals surface area (Å²) in [4.78, 5) is 24.4. The number of fused-ring (bicyclic) bond motifs is 1. The number of aliphatic carboxylic acids is 1. The van der Waals surface area contributed by atoms with Crippen LogP contribution < -0.4 is 9.47 Å². The molecule has 1 aromatic rings. The number of amides is 1. The first kappa shape index (κ1) is 16.4. The summed E-state index contributed by atoms with van der Waals surface area (Å²) >= 11 is 6.13. The molecule has 2 rings (SSSR count). The highest BCUT2D eigenvalue weighted by molar-refractivity contribution is 6.32. The SMILES string of the molecule is C[C@H](CN(C)C(=O)Cc1cc(Cl)c2c(c1)OCCO2)C(=O)O. The maximum Gasteiger partial charge on any atom is 0.308 e. The molecular weight excluding hydrogens is 310 g/mol. The van der Waals surface area contributed by atoms with Gasteiger partial charge in [0.2, 0.25) is 5.91 Å². The maximum atomic E-state index is 12.2. The minimum atomic E-state index is -0.929. The average molecular weight is 328 g/mol. The Morgan fingerprint density at radius 1 is 1.36 bits per heavy atom. The highest BCUT2D eigenvalue weighted by atomic mass is 35.5. The van der Waals surface area contributed by atoms with E-state index in [1.807, 2.05) is 0 Å². The van der Waals surface area contributed by atoms with E-state index in [9.17, 15) is 9.59 Å². The lowest BCUT2D eigenvalue weighted by molar-refractivity contribution is -0.142. The van der Waals surface area contributed by atoms with Gasteiger partial charge >= 0.3 is 5.97 Å². The maximum absolute atomic E-state index is 12.2. The van der Waals surface area contributed by atoms with Crippen LogP contribution in [0.5, 0.6) is 11.5 Å². The molecule has 0 radical (unpaired) electrons. The van der Waals surface area contributed by atoms with Gasteiger partial charge in [-0.1, -0.05) is 18.5 Å². The molecule has 0 aromatic heterocycles. The van der Waals surface area contributed by atoms with Gasteiger partial charge in [0.1, 0.15) is 13.2 Å². The molecule has 1 aliphatic rings. The summed E-state index contributed by atoms with van der Waals surface area (Å²) in [7, 11) is 1.58. The van der Waals surface area contributed by atoms with E-state index in [1.54, 1.807) is 26.1 Å². The van der Waals surface area contributed by atoms with Crippen molar-refractivity contribution in [2.24, 2.45) is 5.92 Å².